The van der Waals surface area contributed by atoms with Gasteiger partial charge in [-0.15, -0.1) is 0 Å². The maximum Gasteiger partial charge on any atom is 0.226 e. The zero-order chi connectivity index (χ0) is 14.2. The Morgan fingerprint density at radius 2 is 2.19 bits per heavy atom. The first-order valence-electron chi connectivity index (χ1n) is 6.33. The number of fused-ring (bicyclic) bond motifs is 2. The Kier molecular flexibility index (Phi) is 2.71. The Bertz CT molecular complexity index is 893. The zero-order valence-electron chi connectivity index (χ0n) is 10.8. The molecule has 0 aliphatic rings. The molecule has 0 fully saturated rings. The topological polar surface area (TPSA) is 83.8 Å². The van der Waals surface area contributed by atoms with Gasteiger partial charge in [0.2, 0.25) is 5.28 Å². The minimum atomic E-state index is 0.159. The maximum absolute atomic E-state index is 5.89. The molecule has 0 saturated heterocycles. The Balaban J connectivity index is 1.64. The maximum atomic E-state index is 5.89. The van der Waals surface area contributed by atoms with Crippen molar-refractivity contribution in [2.45, 2.75) is 6.54 Å². The van der Waals surface area contributed by atoms with E-state index in [2.05, 4.69) is 30.2 Å². The van der Waals surface area contributed by atoms with Gasteiger partial charge in [-0.3, -0.25) is 0 Å². The van der Waals surface area contributed by atoms with E-state index in [4.69, 9.17) is 11.6 Å². The van der Waals surface area contributed by atoms with Crippen LogP contribution in [-0.4, -0.2) is 29.3 Å². The molecule has 4 aromatic heterocycles. The molecule has 0 radical (unpaired) electrons. The number of H-pyrrole nitrogens is 1. The van der Waals surface area contributed by atoms with Crippen molar-refractivity contribution in [3.8, 4) is 0 Å². The average Bonchev–Trinajstić information content (AvgIpc) is 3.10. The first-order valence-corrected chi connectivity index (χ1v) is 6.70. The molecule has 4 aromatic rings. The number of aromatic amines is 1. The number of hydrogen-bond acceptors (Lipinski definition) is 5. The molecule has 0 aliphatic heterocycles. The quantitative estimate of drug-likeness (QED) is 0.567. The molecule has 0 aromatic carbocycles. The molecule has 8 heteroatoms. The fraction of sp³-hybridized carbons (Fsp3) is 0.0769. The molecule has 0 atom stereocenters. The number of halogens is 1. The summed E-state index contributed by atoms with van der Waals surface area (Å²) in [5.41, 5.74) is 3.07. The third-order valence-corrected chi connectivity index (χ3v) is 3.28. The smallest absolute Gasteiger partial charge is 0.226 e. The van der Waals surface area contributed by atoms with Gasteiger partial charge in [-0.25, -0.2) is 9.97 Å². The summed E-state index contributed by atoms with van der Waals surface area (Å²) in [6, 6.07) is 5.88. The van der Waals surface area contributed by atoms with E-state index in [9.17, 15) is 0 Å². The molecule has 0 unspecified atom stereocenters. The number of rotatable bonds is 3. The van der Waals surface area contributed by atoms with Gasteiger partial charge in [-0.1, -0.05) is 6.07 Å². The van der Waals surface area contributed by atoms with Crippen LogP contribution in [0.2, 0.25) is 5.28 Å². The van der Waals surface area contributed by atoms with Crippen LogP contribution in [0.3, 0.4) is 0 Å². The van der Waals surface area contributed by atoms with Crippen LogP contribution in [0.15, 0.2) is 36.9 Å². The van der Waals surface area contributed by atoms with Crippen molar-refractivity contribution in [3.63, 3.8) is 0 Å². The highest BCUT2D eigenvalue weighted by Gasteiger charge is 2.09. The van der Waals surface area contributed by atoms with Crippen LogP contribution in [0.25, 0.3) is 16.8 Å². The number of anilines is 1. The van der Waals surface area contributed by atoms with Gasteiger partial charge < -0.3 is 14.7 Å². The van der Waals surface area contributed by atoms with Gasteiger partial charge in [0.1, 0.15) is 11.2 Å². The van der Waals surface area contributed by atoms with E-state index in [1.807, 2.05) is 35.0 Å². The molecule has 0 saturated carbocycles. The van der Waals surface area contributed by atoms with E-state index >= 15 is 0 Å². The molecule has 4 heterocycles. The van der Waals surface area contributed by atoms with Gasteiger partial charge in [0, 0.05) is 12.4 Å². The summed E-state index contributed by atoms with van der Waals surface area (Å²) in [4.78, 5) is 19.8. The van der Waals surface area contributed by atoms with Crippen molar-refractivity contribution in [2.24, 2.45) is 0 Å². The molecule has 2 N–H and O–H groups in total. The van der Waals surface area contributed by atoms with E-state index in [0.29, 0.717) is 18.0 Å². The summed E-state index contributed by atoms with van der Waals surface area (Å²) in [5, 5.41) is 3.37. The van der Waals surface area contributed by atoms with Gasteiger partial charge >= 0.3 is 0 Å². The van der Waals surface area contributed by atoms with Crippen molar-refractivity contribution in [3.05, 3.63) is 47.9 Å². The lowest BCUT2D eigenvalue weighted by atomic mass is 10.4. The lowest BCUT2D eigenvalue weighted by Gasteiger charge is -2.04. The normalized spacial score (nSPS) is 11.3. The average molecular weight is 300 g/mol. The first kappa shape index (κ1) is 12.1. The van der Waals surface area contributed by atoms with Gasteiger partial charge in [0.05, 0.1) is 18.6 Å². The van der Waals surface area contributed by atoms with Gasteiger partial charge in [0.15, 0.2) is 11.5 Å². The molecule has 0 spiro atoms. The predicted octanol–water partition coefficient (Wildman–Crippen LogP) is 2.27. The largest absolute Gasteiger partial charge is 0.362 e. The SMILES string of the molecule is Clc1nc(NCc2cn3ccccc3n2)c2[nH]cnc2n1. The Morgan fingerprint density at radius 1 is 1.24 bits per heavy atom. The van der Waals surface area contributed by atoms with Gasteiger partial charge in [-0.05, 0) is 23.7 Å². The summed E-state index contributed by atoms with van der Waals surface area (Å²) in [5.74, 6) is 0.611. The standard InChI is InChI=1S/C13H10ClN7/c14-13-19-11(10-12(20-13)17-7-16-10)15-5-8-6-21-4-2-1-3-9(21)18-8/h1-4,6-7H,5H2,(H2,15,16,17,19,20). The molecule has 4 rings (SSSR count). The van der Waals surface area contributed by atoms with Crippen LogP contribution in [0.5, 0.6) is 0 Å². The number of imidazole rings is 2. The summed E-state index contributed by atoms with van der Waals surface area (Å²) >= 11 is 5.89. The minimum absolute atomic E-state index is 0.159. The van der Waals surface area contributed by atoms with E-state index < -0.39 is 0 Å². The van der Waals surface area contributed by atoms with E-state index in [1.165, 1.54) is 0 Å². The highest BCUT2D eigenvalue weighted by Crippen LogP contribution is 2.19. The predicted molar refractivity (Wildman–Crippen MR) is 79.2 cm³/mol. The molecule has 0 amide bonds. The summed E-state index contributed by atoms with van der Waals surface area (Å²) < 4.78 is 1.97. The fourth-order valence-electron chi connectivity index (χ4n) is 2.18. The van der Waals surface area contributed by atoms with E-state index in [0.717, 1.165) is 16.9 Å². The molecule has 21 heavy (non-hydrogen) atoms. The number of nitrogens with zero attached hydrogens (tertiary/aromatic N) is 5. The van der Waals surface area contributed by atoms with Gasteiger partial charge in [0.25, 0.3) is 0 Å². The molecular formula is C13H10ClN7. The Labute approximate surface area is 124 Å². The molecule has 104 valence electrons. The second-order valence-corrected chi connectivity index (χ2v) is 4.83. The van der Waals surface area contributed by atoms with E-state index in [-0.39, 0.29) is 5.28 Å². The Morgan fingerprint density at radius 3 is 3.10 bits per heavy atom. The van der Waals surface area contributed by atoms with Crippen LogP contribution >= 0.6 is 11.6 Å². The number of hydrogen-bond donors (Lipinski definition) is 2. The highest BCUT2D eigenvalue weighted by atomic mass is 35.5. The van der Waals surface area contributed by atoms with Crippen LogP contribution < -0.4 is 5.32 Å². The van der Waals surface area contributed by atoms with Crippen molar-refractivity contribution in [1.29, 1.82) is 0 Å². The van der Waals surface area contributed by atoms with E-state index in [1.54, 1.807) is 6.33 Å². The molecule has 0 aliphatic carbocycles. The number of nitrogens with one attached hydrogen (secondary N) is 2. The lowest BCUT2D eigenvalue weighted by Crippen LogP contribution is -2.03. The summed E-state index contributed by atoms with van der Waals surface area (Å²) in [6.07, 6.45) is 5.49. The van der Waals surface area contributed by atoms with Gasteiger partial charge in [-0.2, -0.15) is 9.97 Å². The molecule has 0 bridgehead atoms. The van der Waals surface area contributed by atoms with Crippen molar-refractivity contribution < 1.29 is 0 Å². The molecular weight excluding hydrogens is 290 g/mol. The number of aromatic nitrogens is 6. The van der Waals surface area contributed by atoms with Crippen LogP contribution in [-0.2, 0) is 6.54 Å². The third-order valence-electron chi connectivity index (χ3n) is 3.11. The van der Waals surface area contributed by atoms with Crippen LogP contribution in [0.4, 0.5) is 5.82 Å². The monoisotopic (exact) mass is 299 g/mol. The first-order chi connectivity index (χ1) is 10.3. The van der Waals surface area contributed by atoms with Crippen molar-refractivity contribution >= 4 is 34.2 Å². The lowest BCUT2D eigenvalue weighted by molar-refractivity contribution is 1.05. The minimum Gasteiger partial charge on any atom is -0.362 e. The second-order valence-electron chi connectivity index (χ2n) is 4.49. The fourth-order valence-corrected chi connectivity index (χ4v) is 2.35. The van der Waals surface area contributed by atoms with Crippen molar-refractivity contribution in [1.82, 2.24) is 29.3 Å². The second kappa shape index (κ2) is 4.71. The summed E-state index contributed by atoms with van der Waals surface area (Å²) in [7, 11) is 0. The summed E-state index contributed by atoms with van der Waals surface area (Å²) in [6.45, 7) is 0.531. The van der Waals surface area contributed by atoms with Crippen LogP contribution in [0, 0.1) is 0 Å². The molecule has 7 nitrogen and oxygen atoms in total. The van der Waals surface area contributed by atoms with Crippen LogP contribution in [0.1, 0.15) is 5.69 Å². The third kappa shape index (κ3) is 2.17. The highest BCUT2D eigenvalue weighted by molar-refractivity contribution is 6.28. The van der Waals surface area contributed by atoms with Crippen molar-refractivity contribution in [2.75, 3.05) is 5.32 Å². The Hall–Kier alpha value is -2.67. The number of pyridine rings is 1. The zero-order valence-corrected chi connectivity index (χ0v) is 11.5.